The number of benzene rings is 1. The molecule has 1 aromatic carbocycles. The Morgan fingerprint density at radius 2 is 2.00 bits per heavy atom. The molecule has 24 heavy (non-hydrogen) atoms. The average molecular weight is 332 g/mol. The molecule has 7 nitrogen and oxygen atoms in total. The lowest BCUT2D eigenvalue weighted by molar-refractivity contribution is 0.0948. The number of nitrogens with one attached hydrogen (secondary N) is 1. The van der Waals surface area contributed by atoms with Gasteiger partial charge in [0, 0.05) is 11.6 Å². The Kier molecular flexibility index (Phi) is 5.78. The average Bonchev–Trinajstić information content (AvgIpc) is 3.01. The molecule has 0 aliphatic rings. The predicted molar refractivity (Wildman–Crippen MR) is 90.3 cm³/mol. The van der Waals surface area contributed by atoms with Crippen LogP contribution in [0, 0.1) is 0 Å². The number of amides is 1. The highest BCUT2D eigenvalue weighted by atomic mass is 16.5. The van der Waals surface area contributed by atoms with E-state index in [1.807, 2.05) is 27.7 Å². The quantitative estimate of drug-likeness (QED) is 0.843. The second kappa shape index (κ2) is 7.81. The summed E-state index contributed by atoms with van der Waals surface area (Å²) in [6.07, 6.45) is 1.52. The summed E-state index contributed by atoms with van der Waals surface area (Å²) in [5.41, 5.74) is 0.499. The predicted octanol–water partition coefficient (Wildman–Crippen LogP) is 2.58. The van der Waals surface area contributed by atoms with Crippen molar-refractivity contribution in [3.63, 3.8) is 0 Å². The third-order valence-electron chi connectivity index (χ3n) is 3.33. The van der Waals surface area contributed by atoms with Crippen LogP contribution in [0.5, 0.6) is 11.5 Å². The van der Waals surface area contributed by atoms with Crippen molar-refractivity contribution in [2.75, 3.05) is 7.11 Å². The molecule has 7 heteroatoms. The molecular formula is C17H24N4O3. The van der Waals surface area contributed by atoms with Crippen molar-refractivity contribution in [2.24, 2.45) is 0 Å². The third-order valence-corrected chi connectivity index (χ3v) is 3.33. The topological polar surface area (TPSA) is 78.3 Å². The van der Waals surface area contributed by atoms with Gasteiger partial charge in [0.15, 0.2) is 11.5 Å². The number of rotatable bonds is 7. The molecule has 0 saturated heterocycles. The second-order valence-corrected chi connectivity index (χ2v) is 5.93. The first kappa shape index (κ1) is 17.8. The lowest BCUT2D eigenvalue weighted by Gasteiger charge is -2.14. The molecule has 0 spiro atoms. The van der Waals surface area contributed by atoms with Gasteiger partial charge in [0.2, 0.25) is 0 Å². The molecule has 2 aromatic rings. The molecule has 2 rings (SSSR count). The number of carbonyl (C=O) groups is 1. The molecule has 0 atom stereocenters. The summed E-state index contributed by atoms with van der Waals surface area (Å²) in [4.78, 5) is 16.5. The molecular weight excluding hydrogens is 308 g/mol. The Hall–Kier alpha value is -2.57. The first-order valence-corrected chi connectivity index (χ1v) is 7.93. The van der Waals surface area contributed by atoms with Crippen LogP contribution in [0.25, 0.3) is 0 Å². The maximum Gasteiger partial charge on any atom is 0.251 e. The molecule has 1 aromatic heterocycles. The van der Waals surface area contributed by atoms with Crippen molar-refractivity contribution in [2.45, 2.75) is 46.4 Å². The van der Waals surface area contributed by atoms with Crippen molar-refractivity contribution in [3.05, 3.63) is 35.9 Å². The zero-order chi connectivity index (χ0) is 17.7. The molecule has 0 aliphatic heterocycles. The van der Waals surface area contributed by atoms with Gasteiger partial charge >= 0.3 is 0 Å². The van der Waals surface area contributed by atoms with Crippen LogP contribution in [0.2, 0.25) is 0 Å². The van der Waals surface area contributed by atoms with Crippen LogP contribution in [-0.2, 0) is 6.54 Å². The molecule has 0 fully saturated rings. The summed E-state index contributed by atoms with van der Waals surface area (Å²) < 4.78 is 12.7. The first-order chi connectivity index (χ1) is 11.4. The maximum absolute atomic E-state index is 12.4. The van der Waals surface area contributed by atoms with Crippen molar-refractivity contribution in [3.8, 4) is 11.5 Å². The zero-order valence-electron chi connectivity index (χ0n) is 14.7. The third kappa shape index (κ3) is 4.24. The van der Waals surface area contributed by atoms with E-state index < -0.39 is 0 Å². The highest BCUT2D eigenvalue weighted by Crippen LogP contribution is 2.28. The van der Waals surface area contributed by atoms with E-state index >= 15 is 0 Å². The Labute approximate surface area is 142 Å². The van der Waals surface area contributed by atoms with Gasteiger partial charge in [0.05, 0.1) is 19.8 Å². The van der Waals surface area contributed by atoms with Crippen molar-refractivity contribution < 1.29 is 14.3 Å². The number of methoxy groups -OCH3 is 1. The van der Waals surface area contributed by atoms with E-state index in [1.54, 1.807) is 30.0 Å². The normalized spacial score (nSPS) is 11.0. The molecule has 0 radical (unpaired) electrons. The number of aromatic nitrogens is 3. The molecule has 1 amide bonds. The summed E-state index contributed by atoms with van der Waals surface area (Å²) in [5.74, 6) is 1.65. The number of hydrogen-bond acceptors (Lipinski definition) is 5. The smallest absolute Gasteiger partial charge is 0.251 e. The van der Waals surface area contributed by atoms with Crippen molar-refractivity contribution in [1.82, 2.24) is 20.1 Å². The lowest BCUT2D eigenvalue weighted by atomic mass is 10.2. The largest absolute Gasteiger partial charge is 0.493 e. The number of nitrogens with zero attached hydrogens (tertiary/aromatic N) is 3. The van der Waals surface area contributed by atoms with Crippen LogP contribution < -0.4 is 14.8 Å². The van der Waals surface area contributed by atoms with Gasteiger partial charge in [-0.1, -0.05) is 0 Å². The number of carbonyl (C=O) groups excluding carboxylic acids is 1. The summed E-state index contributed by atoms with van der Waals surface area (Å²) in [5, 5.41) is 7.00. The van der Waals surface area contributed by atoms with Crippen LogP contribution >= 0.6 is 0 Å². The van der Waals surface area contributed by atoms with Gasteiger partial charge in [0.1, 0.15) is 12.2 Å². The Balaban J connectivity index is 2.08. The molecule has 0 saturated carbocycles. The standard InChI is InChI=1S/C17H24N4O3/c1-11(2)21-16(19-10-20-21)9-18-17(22)13-6-7-14(24-12(3)4)15(8-13)23-5/h6-8,10-12H,9H2,1-5H3,(H,18,22). The van der Waals surface area contributed by atoms with Gasteiger partial charge in [-0.15, -0.1) is 0 Å². The first-order valence-electron chi connectivity index (χ1n) is 7.93. The van der Waals surface area contributed by atoms with E-state index in [2.05, 4.69) is 15.4 Å². The van der Waals surface area contributed by atoms with Crippen LogP contribution in [0.1, 0.15) is 49.9 Å². The maximum atomic E-state index is 12.4. The van der Waals surface area contributed by atoms with Gasteiger partial charge in [-0.3, -0.25) is 4.79 Å². The van der Waals surface area contributed by atoms with Crippen molar-refractivity contribution >= 4 is 5.91 Å². The van der Waals surface area contributed by atoms with Gasteiger partial charge in [-0.2, -0.15) is 5.10 Å². The van der Waals surface area contributed by atoms with E-state index in [-0.39, 0.29) is 18.1 Å². The highest BCUT2D eigenvalue weighted by molar-refractivity contribution is 5.94. The summed E-state index contributed by atoms with van der Waals surface area (Å²) in [7, 11) is 1.55. The van der Waals surface area contributed by atoms with E-state index in [9.17, 15) is 4.79 Å². The molecule has 130 valence electrons. The van der Waals surface area contributed by atoms with Crippen LogP contribution in [0.15, 0.2) is 24.5 Å². The minimum Gasteiger partial charge on any atom is -0.493 e. The minimum atomic E-state index is -0.206. The van der Waals surface area contributed by atoms with Gasteiger partial charge < -0.3 is 14.8 Å². The van der Waals surface area contributed by atoms with E-state index in [0.29, 0.717) is 29.4 Å². The van der Waals surface area contributed by atoms with E-state index in [1.165, 1.54) is 6.33 Å². The monoisotopic (exact) mass is 332 g/mol. The Bertz CT molecular complexity index is 695. The highest BCUT2D eigenvalue weighted by Gasteiger charge is 2.14. The number of ether oxygens (including phenoxy) is 2. The minimum absolute atomic E-state index is 0.0287. The SMILES string of the molecule is COc1cc(C(=O)NCc2ncnn2C(C)C)ccc1OC(C)C. The summed E-state index contributed by atoms with van der Waals surface area (Å²) in [6, 6.07) is 5.31. The van der Waals surface area contributed by atoms with E-state index in [4.69, 9.17) is 9.47 Å². The van der Waals surface area contributed by atoms with Gasteiger partial charge in [-0.25, -0.2) is 9.67 Å². The van der Waals surface area contributed by atoms with Crippen LogP contribution in [0.3, 0.4) is 0 Å². The fourth-order valence-electron chi connectivity index (χ4n) is 2.25. The molecule has 1 heterocycles. The van der Waals surface area contributed by atoms with Crippen LogP contribution in [0.4, 0.5) is 0 Å². The van der Waals surface area contributed by atoms with Gasteiger partial charge in [-0.05, 0) is 45.9 Å². The molecule has 1 N–H and O–H groups in total. The summed E-state index contributed by atoms with van der Waals surface area (Å²) in [6.45, 7) is 8.20. The zero-order valence-corrected chi connectivity index (χ0v) is 14.7. The summed E-state index contributed by atoms with van der Waals surface area (Å²) >= 11 is 0. The van der Waals surface area contributed by atoms with Crippen molar-refractivity contribution in [1.29, 1.82) is 0 Å². The lowest BCUT2D eigenvalue weighted by Crippen LogP contribution is -2.25. The molecule has 0 aliphatic carbocycles. The Morgan fingerprint density at radius 3 is 2.62 bits per heavy atom. The molecule has 0 bridgehead atoms. The number of hydrogen-bond donors (Lipinski definition) is 1. The Morgan fingerprint density at radius 1 is 1.25 bits per heavy atom. The van der Waals surface area contributed by atoms with Gasteiger partial charge in [0.25, 0.3) is 5.91 Å². The molecule has 0 unspecified atom stereocenters. The fraction of sp³-hybridized carbons (Fsp3) is 0.471. The van der Waals surface area contributed by atoms with Crippen LogP contribution in [-0.4, -0.2) is 33.9 Å². The van der Waals surface area contributed by atoms with E-state index in [0.717, 1.165) is 0 Å². The fourth-order valence-corrected chi connectivity index (χ4v) is 2.25. The second-order valence-electron chi connectivity index (χ2n) is 5.93.